The van der Waals surface area contributed by atoms with Gasteiger partial charge in [0, 0.05) is 24.7 Å². The van der Waals surface area contributed by atoms with Crippen molar-refractivity contribution in [3.8, 4) is 0 Å². The van der Waals surface area contributed by atoms with E-state index < -0.39 is 0 Å². The third-order valence-corrected chi connectivity index (χ3v) is 3.49. The van der Waals surface area contributed by atoms with Crippen molar-refractivity contribution in [1.29, 1.82) is 0 Å². The van der Waals surface area contributed by atoms with Crippen LogP contribution >= 0.6 is 0 Å². The van der Waals surface area contributed by atoms with Crippen molar-refractivity contribution in [3.05, 3.63) is 29.3 Å². The van der Waals surface area contributed by atoms with Gasteiger partial charge >= 0.3 is 0 Å². The number of hydrogen-bond acceptors (Lipinski definition) is 2. The van der Waals surface area contributed by atoms with Crippen molar-refractivity contribution < 1.29 is 4.79 Å². The highest BCUT2D eigenvalue weighted by Crippen LogP contribution is 2.23. The number of nitrogens with one attached hydrogen (secondary N) is 1. The van der Waals surface area contributed by atoms with Crippen molar-refractivity contribution in [3.63, 3.8) is 0 Å². The number of nitrogens with zero attached hydrogens (tertiary/aromatic N) is 1. The molecule has 1 aromatic rings. The topological polar surface area (TPSA) is 32.3 Å². The zero-order chi connectivity index (χ0) is 13.1. The van der Waals surface area contributed by atoms with Gasteiger partial charge < -0.3 is 10.2 Å². The maximum absolute atomic E-state index is 12.3. The van der Waals surface area contributed by atoms with Crippen molar-refractivity contribution in [2.45, 2.75) is 39.7 Å². The van der Waals surface area contributed by atoms with Crippen LogP contribution in [0.4, 0.5) is 5.69 Å². The molecule has 1 amide bonds. The maximum atomic E-state index is 12.3. The van der Waals surface area contributed by atoms with Gasteiger partial charge in [0.05, 0.1) is 0 Å². The summed E-state index contributed by atoms with van der Waals surface area (Å²) in [6.45, 7) is 8.01. The van der Waals surface area contributed by atoms with Crippen LogP contribution in [0.15, 0.2) is 18.2 Å². The summed E-state index contributed by atoms with van der Waals surface area (Å²) >= 11 is 0. The van der Waals surface area contributed by atoms with E-state index in [4.69, 9.17) is 0 Å². The molecule has 3 heteroatoms. The number of amides is 1. The van der Waals surface area contributed by atoms with E-state index in [9.17, 15) is 4.79 Å². The Labute approximate surface area is 109 Å². The molecule has 3 nitrogen and oxygen atoms in total. The summed E-state index contributed by atoms with van der Waals surface area (Å²) in [5, 5.41) is 3.37. The Balaban J connectivity index is 2.28. The predicted molar refractivity (Wildman–Crippen MR) is 75.0 cm³/mol. The summed E-state index contributed by atoms with van der Waals surface area (Å²) in [5.74, 6) is 0.225. The summed E-state index contributed by atoms with van der Waals surface area (Å²) < 4.78 is 0. The third-order valence-electron chi connectivity index (χ3n) is 3.49. The van der Waals surface area contributed by atoms with Crippen LogP contribution in [-0.2, 0) is 4.79 Å². The molecule has 1 fully saturated rings. The Morgan fingerprint density at radius 2 is 2.11 bits per heavy atom. The molecule has 1 N–H and O–H groups in total. The molecule has 1 aromatic carbocycles. The summed E-state index contributed by atoms with van der Waals surface area (Å²) in [6, 6.07) is 6.58. The van der Waals surface area contributed by atoms with Crippen LogP contribution in [0.3, 0.4) is 0 Å². The molecule has 0 saturated carbocycles. The Morgan fingerprint density at radius 3 is 2.89 bits per heavy atom. The van der Waals surface area contributed by atoms with Crippen molar-refractivity contribution in [1.82, 2.24) is 5.32 Å². The normalized spacial score (nSPS) is 21.6. The monoisotopic (exact) mass is 246 g/mol. The molecule has 0 bridgehead atoms. The molecule has 1 atom stereocenters. The van der Waals surface area contributed by atoms with Gasteiger partial charge in [0.2, 0.25) is 5.91 Å². The number of hydrogen-bond donors (Lipinski definition) is 1. The zero-order valence-electron chi connectivity index (χ0n) is 11.5. The van der Waals surface area contributed by atoms with Crippen LogP contribution < -0.4 is 10.2 Å². The lowest BCUT2D eigenvalue weighted by Crippen LogP contribution is -2.42. The molecule has 1 aliphatic heterocycles. The van der Waals surface area contributed by atoms with Crippen LogP contribution in [0, 0.1) is 13.8 Å². The third kappa shape index (κ3) is 2.91. The molecule has 0 radical (unpaired) electrons. The number of carbonyl (C=O) groups is 1. The van der Waals surface area contributed by atoms with E-state index in [0.29, 0.717) is 6.42 Å². The molecular formula is C15H22N2O. The minimum atomic E-state index is 0.225. The first-order valence-corrected chi connectivity index (χ1v) is 6.69. The SMILES string of the molecule is Cc1ccc(C)c(N2CCCNC(C)CC2=O)c1. The number of carbonyl (C=O) groups excluding carboxylic acids is 1. The summed E-state index contributed by atoms with van der Waals surface area (Å²) in [7, 11) is 0. The van der Waals surface area contributed by atoms with Crippen LogP contribution in [0.1, 0.15) is 30.9 Å². The quantitative estimate of drug-likeness (QED) is 0.825. The average molecular weight is 246 g/mol. The minimum Gasteiger partial charge on any atom is -0.314 e. The Morgan fingerprint density at radius 1 is 1.33 bits per heavy atom. The predicted octanol–water partition coefficient (Wildman–Crippen LogP) is 2.41. The van der Waals surface area contributed by atoms with E-state index in [-0.39, 0.29) is 11.9 Å². The number of benzene rings is 1. The second-order valence-electron chi connectivity index (χ2n) is 5.25. The van der Waals surface area contributed by atoms with Crippen LogP contribution in [0.5, 0.6) is 0 Å². The van der Waals surface area contributed by atoms with E-state index in [1.807, 2.05) is 4.90 Å². The number of aryl methyl sites for hydroxylation is 2. The molecule has 1 saturated heterocycles. The fourth-order valence-electron chi connectivity index (χ4n) is 2.42. The molecule has 0 aliphatic carbocycles. The van der Waals surface area contributed by atoms with E-state index in [1.165, 1.54) is 11.1 Å². The van der Waals surface area contributed by atoms with Gasteiger partial charge in [-0.1, -0.05) is 12.1 Å². The molecule has 1 aliphatic rings. The second kappa shape index (κ2) is 5.53. The van der Waals surface area contributed by atoms with Gasteiger partial charge in [0.1, 0.15) is 0 Å². The van der Waals surface area contributed by atoms with Gasteiger partial charge in [-0.15, -0.1) is 0 Å². The van der Waals surface area contributed by atoms with Gasteiger partial charge in [-0.2, -0.15) is 0 Å². The van der Waals surface area contributed by atoms with Gasteiger partial charge in [0.25, 0.3) is 0 Å². The van der Waals surface area contributed by atoms with Crippen molar-refractivity contribution in [2.75, 3.05) is 18.0 Å². The molecular weight excluding hydrogens is 224 g/mol. The van der Waals surface area contributed by atoms with Gasteiger partial charge in [-0.3, -0.25) is 4.79 Å². The number of anilines is 1. The average Bonchev–Trinajstić information content (AvgIpc) is 2.30. The molecule has 18 heavy (non-hydrogen) atoms. The highest BCUT2D eigenvalue weighted by Gasteiger charge is 2.21. The first kappa shape index (κ1) is 13.1. The van der Waals surface area contributed by atoms with E-state index in [2.05, 4.69) is 44.3 Å². The van der Waals surface area contributed by atoms with E-state index in [0.717, 1.165) is 25.2 Å². The number of rotatable bonds is 1. The lowest BCUT2D eigenvalue weighted by atomic mass is 10.1. The fourth-order valence-corrected chi connectivity index (χ4v) is 2.42. The maximum Gasteiger partial charge on any atom is 0.228 e. The minimum absolute atomic E-state index is 0.225. The fraction of sp³-hybridized carbons (Fsp3) is 0.533. The summed E-state index contributed by atoms with van der Waals surface area (Å²) in [4.78, 5) is 14.3. The lowest BCUT2D eigenvalue weighted by molar-refractivity contribution is -0.119. The molecule has 1 heterocycles. The van der Waals surface area contributed by atoms with Crippen LogP contribution in [0.2, 0.25) is 0 Å². The Bertz CT molecular complexity index is 442. The Hall–Kier alpha value is -1.35. The van der Waals surface area contributed by atoms with Crippen LogP contribution in [0.25, 0.3) is 0 Å². The Kier molecular flexibility index (Phi) is 4.02. The second-order valence-corrected chi connectivity index (χ2v) is 5.25. The largest absolute Gasteiger partial charge is 0.314 e. The molecule has 98 valence electrons. The molecule has 0 aromatic heterocycles. The molecule has 0 spiro atoms. The van der Waals surface area contributed by atoms with Gasteiger partial charge in [0.15, 0.2) is 0 Å². The standard InChI is InChI=1S/C15H22N2O/c1-11-5-6-12(2)14(9-11)17-8-4-7-16-13(3)10-15(17)18/h5-6,9,13,16H,4,7-8,10H2,1-3H3. The van der Waals surface area contributed by atoms with Gasteiger partial charge in [-0.25, -0.2) is 0 Å². The molecule has 1 unspecified atom stereocenters. The first-order chi connectivity index (χ1) is 8.58. The summed E-state index contributed by atoms with van der Waals surface area (Å²) in [6.07, 6.45) is 1.58. The smallest absolute Gasteiger partial charge is 0.228 e. The summed E-state index contributed by atoms with van der Waals surface area (Å²) in [5.41, 5.74) is 3.46. The highest BCUT2D eigenvalue weighted by atomic mass is 16.2. The van der Waals surface area contributed by atoms with Crippen molar-refractivity contribution >= 4 is 11.6 Å². The van der Waals surface area contributed by atoms with E-state index in [1.54, 1.807) is 0 Å². The molecule has 2 rings (SSSR count). The van der Waals surface area contributed by atoms with Crippen LogP contribution in [-0.4, -0.2) is 25.0 Å². The highest BCUT2D eigenvalue weighted by molar-refractivity contribution is 5.94. The van der Waals surface area contributed by atoms with E-state index >= 15 is 0 Å². The lowest BCUT2D eigenvalue weighted by Gasteiger charge is -2.29. The first-order valence-electron chi connectivity index (χ1n) is 6.69. The van der Waals surface area contributed by atoms with Crippen molar-refractivity contribution in [2.24, 2.45) is 0 Å². The van der Waals surface area contributed by atoms with Gasteiger partial charge in [-0.05, 0) is 50.9 Å². The zero-order valence-corrected chi connectivity index (χ0v) is 11.5.